The molecule has 0 atom stereocenters. The fraction of sp³-hybridized carbons (Fsp3) is 0.429. The summed E-state index contributed by atoms with van der Waals surface area (Å²) in [5.74, 6) is -0.685. The Bertz CT molecular complexity index is 349. The lowest BCUT2D eigenvalue weighted by molar-refractivity contribution is -0.140. The van der Waals surface area contributed by atoms with Gasteiger partial charge >= 0.3 is 6.18 Å². The monoisotopic (exact) mass is 241 g/mol. The second-order valence-electron chi connectivity index (χ2n) is 2.65. The minimum Gasteiger partial charge on any atom is -0.348 e. The summed E-state index contributed by atoms with van der Waals surface area (Å²) in [6.45, 7) is -0.109. The van der Waals surface area contributed by atoms with Crippen molar-refractivity contribution in [2.24, 2.45) is 0 Å². The Kier molecular flexibility index (Phi) is 3.57. The van der Waals surface area contributed by atoms with Crippen LogP contribution in [0.3, 0.4) is 0 Å². The number of H-pyrrole nitrogens is 1. The predicted octanol–water partition coefficient (Wildman–Crippen LogP) is 1.28. The summed E-state index contributed by atoms with van der Waals surface area (Å²) < 4.78 is 36.3. The Morgan fingerprint density at radius 3 is 2.73 bits per heavy atom. The zero-order valence-corrected chi connectivity index (χ0v) is 8.11. The number of hydrogen-bond acceptors (Lipinski definition) is 2. The van der Waals surface area contributed by atoms with Crippen molar-refractivity contribution in [1.29, 1.82) is 0 Å². The number of amides is 1. The quantitative estimate of drug-likeness (QED) is 0.784. The third kappa shape index (κ3) is 3.43. The first-order valence-electron chi connectivity index (χ1n) is 3.87. The van der Waals surface area contributed by atoms with Crippen molar-refractivity contribution in [3.05, 3.63) is 17.7 Å². The minimum absolute atomic E-state index is 0.0285. The molecule has 1 aromatic rings. The Morgan fingerprint density at radius 2 is 2.27 bits per heavy atom. The predicted molar refractivity (Wildman–Crippen MR) is 46.2 cm³/mol. The average molecular weight is 242 g/mol. The fourth-order valence-corrected chi connectivity index (χ4v) is 0.920. The molecule has 0 aromatic carbocycles. The van der Waals surface area contributed by atoms with Crippen LogP contribution in [0.1, 0.15) is 11.5 Å². The number of alkyl halides is 4. The van der Waals surface area contributed by atoms with Crippen molar-refractivity contribution >= 4 is 17.5 Å². The zero-order valence-electron chi connectivity index (χ0n) is 7.36. The molecule has 0 fully saturated rings. The molecular formula is C7H7ClF3N3O. The van der Waals surface area contributed by atoms with E-state index in [0.717, 1.165) is 0 Å². The summed E-state index contributed by atoms with van der Waals surface area (Å²) in [7, 11) is 0. The average Bonchev–Trinajstić information content (AvgIpc) is 2.61. The molecule has 4 nitrogen and oxygen atoms in total. The van der Waals surface area contributed by atoms with E-state index in [1.807, 2.05) is 4.98 Å². The van der Waals surface area contributed by atoms with E-state index in [1.165, 1.54) is 0 Å². The lowest BCUT2D eigenvalue weighted by atomic mass is 10.5. The number of aromatic nitrogens is 2. The lowest BCUT2D eigenvalue weighted by Gasteiger charge is -2.02. The number of imidazole rings is 1. The molecular weight excluding hydrogens is 235 g/mol. The summed E-state index contributed by atoms with van der Waals surface area (Å²) >= 11 is 5.17. The van der Waals surface area contributed by atoms with E-state index >= 15 is 0 Å². The molecule has 0 radical (unpaired) electrons. The summed E-state index contributed by atoms with van der Waals surface area (Å²) in [6, 6.07) is 0. The zero-order chi connectivity index (χ0) is 11.5. The van der Waals surface area contributed by atoms with E-state index in [9.17, 15) is 18.0 Å². The number of nitrogens with one attached hydrogen (secondary N) is 2. The van der Waals surface area contributed by atoms with Crippen molar-refractivity contribution in [2.45, 2.75) is 12.7 Å². The molecule has 0 saturated heterocycles. The van der Waals surface area contributed by atoms with Gasteiger partial charge in [-0.2, -0.15) is 13.2 Å². The van der Waals surface area contributed by atoms with Gasteiger partial charge in [-0.3, -0.25) is 4.79 Å². The number of rotatable bonds is 3. The Labute approximate surface area is 87.8 Å². The Morgan fingerprint density at radius 1 is 1.60 bits per heavy atom. The number of hydrogen-bond donors (Lipinski definition) is 2. The third-order valence-corrected chi connectivity index (χ3v) is 1.75. The second kappa shape index (κ2) is 4.52. The highest BCUT2D eigenvalue weighted by Crippen LogP contribution is 2.27. The topological polar surface area (TPSA) is 57.8 Å². The molecule has 0 aliphatic rings. The molecule has 1 aromatic heterocycles. The van der Waals surface area contributed by atoms with Crippen LogP contribution in [0.4, 0.5) is 13.2 Å². The van der Waals surface area contributed by atoms with Crippen molar-refractivity contribution in [2.75, 3.05) is 5.88 Å². The van der Waals surface area contributed by atoms with Crippen LogP contribution in [0.2, 0.25) is 0 Å². The molecule has 0 saturated carbocycles. The summed E-state index contributed by atoms with van der Waals surface area (Å²) in [5, 5.41) is 2.28. The van der Waals surface area contributed by atoms with Gasteiger partial charge in [-0.25, -0.2) is 4.98 Å². The van der Waals surface area contributed by atoms with Crippen LogP contribution in [0.15, 0.2) is 6.20 Å². The first kappa shape index (κ1) is 11.8. The normalized spacial score (nSPS) is 11.5. The smallest absolute Gasteiger partial charge is 0.348 e. The molecule has 0 aliphatic carbocycles. The van der Waals surface area contributed by atoms with Gasteiger partial charge in [0.2, 0.25) is 5.91 Å². The third-order valence-electron chi connectivity index (χ3n) is 1.51. The number of aromatic amines is 1. The maximum atomic E-state index is 12.1. The van der Waals surface area contributed by atoms with Crippen LogP contribution in [-0.2, 0) is 17.5 Å². The molecule has 0 unspecified atom stereocenters. The molecule has 15 heavy (non-hydrogen) atoms. The Balaban J connectivity index is 2.58. The molecule has 1 heterocycles. The van der Waals surface area contributed by atoms with Crippen LogP contribution in [-0.4, -0.2) is 21.8 Å². The van der Waals surface area contributed by atoms with Crippen LogP contribution in [0.25, 0.3) is 0 Å². The van der Waals surface area contributed by atoms with E-state index in [0.29, 0.717) is 6.20 Å². The van der Waals surface area contributed by atoms with Crippen LogP contribution >= 0.6 is 11.6 Å². The largest absolute Gasteiger partial charge is 0.432 e. The van der Waals surface area contributed by atoms with Gasteiger partial charge in [-0.15, -0.1) is 11.6 Å². The lowest BCUT2D eigenvalue weighted by Crippen LogP contribution is -2.24. The number of carbonyl (C=O) groups is 1. The highest BCUT2D eigenvalue weighted by Gasteiger charge is 2.32. The van der Waals surface area contributed by atoms with Gasteiger partial charge in [-0.1, -0.05) is 0 Å². The summed E-state index contributed by atoms with van der Waals surface area (Å²) in [6.07, 6.45) is -3.79. The van der Waals surface area contributed by atoms with Gasteiger partial charge in [-0.05, 0) is 0 Å². The number of nitrogens with zero attached hydrogens (tertiary/aromatic N) is 1. The maximum Gasteiger partial charge on any atom is 0.432 e. The summed E-state index contributed by atoms with van der Waals surface area (Å²) in [5.41, 5.74) is -0.947. The molecule has 1 rings (SSSR count). The highest BCUT2D eigenvalue weighted by molar-refractivity contribution is 6.27. The van der Waals surface area contributed by atoms with Gasteiger partial charge in [0.1, 0.15) is 17.4 Å². The molecule has 0 bridgehead atoms. The van der Waals surface area contributed by atoms with E-state index < -0.39 is 17.8 Å². The van der Waals surface area contributed by atoms with Gasteiger partial charge in [0.15, 0.2) is 0 Å². The van der Waals surface area contributed by atoms with Gasteiger partial charge < -0.3 is 10.3 Å². The van der Waals surface area contributed by atoms with Gasteiger partial charge in [0, 0.05) is 0 Å². The van der Waals surface area contributed by atoms with E-state index in [-0.39, 0.29) is 18.2 Å². The molecule has 1 amide bonds. The SMILES string of the molecule is O=C(CCl)NCc1ncc(C(F)(F)F)[nH]1. The van der Waals surface area contributed by atoms with Crippen molar-refractivity contribution < 1.29 is 18.0 Å². The molecule has 84 valence electrons. The molecule has 0 aliphatic heterocycles. The standard InChI is InChI=1S/C7H7ClF3N3O/c8-1-6(15)13-3-5-12-2-4(14-5)7(9,10)11/h2H,1,3H2,(H,12,14)(H,13,15). The van der Waals surface area contributed by atoms with Crippen LogP contribution in [0, 0.1) is 0 Å². The number of carbonyl (C=O) groups excluding carboxylic acids is 1. The Hall–Kier alpha value is -1.24. The molecule has 0 spiro atoms. The molecule has 8 heteroatoms. The fourth-order valence-electron chi connectivity index (χ4n) is 0.826. The van der Waals surface area contributed by atoms with E-state index in [1.54, 1.807) is 0 Å². The van der Waals surface area contributed by atoms with E-state index in [4.69, 9.17) is 11.6 Å². The number of halogens is 4. The first-order chi connectivity index (χ1) is 6.93. The van der Waals surface area contributed by atoms with Crippen molar-refractivity contribution in [3.63, 3.8) is 0 Å². The van der Waals surface area contributed by atoms with Crippen LogP contribution in [0.5, 0.6) is 0 Å². The van der Waals surface area contributed by atoms with E-state index in [2.05, 4.69) is 10.3 Å². The maximum absolute atomic E-state index is 12.1. The van der Waals surface area contributed by atoms with Crippen LogP contribution < -0.4 is 5.32 Å². The minimum atomic E-state index is -4.46. The van der Waals surface area contributed by atoms with Crippen molar-refractivity contribution in [1.82, 2.24) is 15.3 Å². The van der Waals surface area contributed by atoms with Gasteiger partial charge in [0.05, 0.1) is 12.7 Å². The highest BCUT2D eigenvalue weighted by atomic mass is 35.5. The second-order valence-corrected chi connectivity index (χ2v) is 2.92. The first-order valence-corrected chi connectivity index (χ1v) is 4.40. The van der Waals surface area contributed by atoms with Gasteiger partial charge in [0.25, 0.3) is 0 Å². The molecule has 2 N–H and O–H groups in total. The van der Waals surface area contributed by atoms with Crippen molar-refractivity contribution in [3.8, 4) is 0 Å². The summed E-state index contributed by atoms with van der Waals surface area (Å²) in [4.78, 5) is 16.2.